The molecule has 0 aromatic carbocycles. The average Bonchev–Trinajstić information content (AvgIpc) is 3.09. The van der Waals surface area contributed by atoms with E-state index in [1.165, 1.54) is 32.1 Å². The Balaban J connectivity index is 2.54. The molecule has 50 heavy (non-hydrogen) atoms. The molecule has 0 aliphatic heterocycles. The Bertz CT molecular complexity index is 1020. The predicted octanol–water partition coefficient (Wildman–Crippen LogP) is 5.74. The van der Waals surface area contributed by atoms with Crippen LogP contribution in [0.5, 0.6) is 0 Å². The van der Waals surface area contributed by atoms with Gasteiger partial charge in [-0.2, -0.15) is 0 Å². The number of carbonyl (C=O) groups is 1. The van der Waals surface area contributed by atoms with Crippen LogP contribution in [0.15, 0.2) is 48.6 Å². The second-order valence-corrected chi connectivity index (χ2v) is 14.1. The van der Waals surface area contributed by atoms with Crippen LogP contribution in [0.4, 0.5) is 0 Å². The van der Waals surface area contributed by atoms with Crippen LogP contribution in [0.1, 0.15) is 117 Å². The van der Waals surface area contributed by atoms with Crippen molar-refractivity contribution in [3.63, 3.8) is 0 Å². The van der Waals surface area contributed by atoms with Crippen molar-refractivity contribution in [1.29, 1.82) is 0 Å². The van der Waals surface area contributed by atoms with E-state index in [-0.39, 0.29) is 13.0 Å². The molecule has 1 fully saturated rings. The van der Waals surface area contributed by atoms with E-state index in [4.69, 9.17) is 18.5 Å². The van der Waals surface area contributed by atoms with Crippen molar-refractivity contribution in [2.75, 3.05) is 19.8 Å². The van der Waals surface area contributed by atoms with Gasteiger partial charge in [0.1, 0.15) is 42.7 Å². The lowest BCUT2D eigenvalue weighted by Gasteiger charge is -2.41. The molecule has 0 spiro atoms. The molecular formula is C37H65O12P. The molecule has 1 rings (SSSR count). The van der Waals surface area contributed by atoms with E-state index in [0.29, 0.717) is 19.4 Å². The number of hydrogen-bond donors (Lipinski definition) is 6. The Morgan fingerprint density at radius 2 is 1.16 bits per heavy atom. The summed E-state index contributed by atoms with van der Waals surface area (Å²) in [5.41, 5.74) is 0. The van der Waals surface area contributed by atoms with Crippen molar-refractivity contribution in [3.05, 3.63) is 48.6 Å². The highest BCUT2D eigenvalue weighted by Gasteiger charge is 2.51. The molecule has 12 nitrogen and oxygen atoms in total. The summed E-state index contributed by atoms with van der Waals surface area (Å²) in [6.07, 6.45) is 19.4. The van der Waals surface area contributed by atoms with Gasteiger partial charge in [-0.15, -0.1) is 0 Å². The van der Waals surface area contributed by atoms with Crippen LogP contribution >= 0.6 is 7.82 Å². The Labute approximate surface area is 299 Å². The number of esters is 1. The summed E-state index contributed by atoms with van der Waals surface area (Å²) in [4.78, 5) is 22.9. The van der Waals surface area contributed by atoms with Gasteiger partial charge < -0.3 is 39.9 Å². The first kappa shape index (κ1) is 46.3. The Morgan fingerprint density at radius 3 is 1.72 bits per heavy atom. The number of allylic oxidation sites excluding steroid dienone is 8. The number of phosphoric ester groups is 1. The Kier molecular flexibility index (Phi) is 26.7. The summed E-state index contributed by atoms with van der Waals surface area (Å²) in [5, 5.41) is 49.8. The van der Waals surface area contributed by atoms with Gasteiger partial charge in [-0.25, -0.2) is 4.57 Å². The standard InChI is InChI=1S/C37H65O12P/c1-3-5-7-9-11-13-14-15-16-17-19-21-23-25-27-46-28-30(48-31(38)26-24-22-20-18-12-10-8-6-4-2)29-47-50(44,45)49-37-35(42)33(40)32(39)34(41)36(37)43/h5,7,11,13,15-16,19,21,30,32-37,39-43H,3-4,6,8-10,12,14,17-18,20,22-29H2,1-2H3,(H,44,45)/b7-5-,13-11-,16-15-,21-19-. The van der Waals surface area contributed by atoms with Crippen LogP contribution in [0, 0.1) is 0 Å². The smallest absolute Gasteiger partial charge is 0.457 e. The summed E-state index contributed by atoms with van der Waals surface area (Å²) >= 11 is 0. The summed E-state index contributed by atoms with van der Waals surface area (Å²) in [7, 11) is -5.02. The lowest BCUT2D eigenvalue weighted by Crippen LogP contribution is -2.64. The minimum Gasteiger partial charge on any atom is -0.457 e. The van der Waals surface area contributed by atoms with E-state index in [2.05, 4.69) is 62.5 Å². The number of aliphatic hydroxyl groups is 5. The fourth-order valence-electron chi connectivity index (χ4n) is 5.24. The molecule has 1 saturated carbocycles. The number of unbranched alkanes of at least 4 members (excludes halogenated alkanes) is 9. The van der Waals surface area contributed by atoms with Gasteiger partial charge in [-0.1, -0.05) is 114 Å². The third kappa shape index (κ3) is 21.6. The number of hydrogen-bond acceptors (Lipinski definition) is 11. The number of aliphatic hydroxyl groups excluding tert-OH is 5. The largest absolute Gasteiger partial charge is 0.472 e. The van der Waals surface area contributed by atoms with Gasteiger partial charge in [0.05, 0.1) is 13.2 Å². The van der Waals surface area contributed by atoms with Crippen molar-refractivity contribution >= 4 is 13.8 Å². The van der Waals surface area contributed by atoms with Crippen LogP contribution in [-0.2, 0) is 27.9 Å². The lowest BCUT2D eigenvalue weighted by atomic mass is 9.85. The number of ether oxygens (including phenoxy) is 2. The van der Waals surface area contributed by atoms with E-state index < -0.39 is 63.1 Å². The van der Waals surface area contributed by atoms with Gasteiger partial charge in [-0.3, -0.25) is 13.8 Å². The summed E-state index contributed by atoms with van der Waals surface area (Å²) in [6.45, 7) is 3.93. The molecule has 0 heterocycles. The van der Waals surface area contributed by atoms with Crippen LogP contribution in [0.25, 0.3) is 0 Å². The second-order valence-electron chi connectivity index (χ2n) is 12.7. The fourth-order valence-corrected chi connectivity index (χ4v) is 6.21. The van der Waals surface area contributed by atoms with Gasteiger partial charge in [0.15, 0.2) is 0 Å². The molecule has 6 N–H and O–H groups in total. The van der Waals surface area contributed by atoms with Crippen LogP contribution in [0.2, 0.25) is 0 Å². The van der Waals surface area contributed by atoms with Crippen molar-refractivity contribution < 1.29 is 58.3 Å². The topological polar surface area (TPSA) is 192 Å². The molecule has 0 saturated heterocycles. The molecule has 0 aromatic rings. The highest BCUT2D eigenvalue weighted by Crippen LogP contribution is 2.47. The van der Waals surface area contributed by atoms with Crippen molar-refractivity contribution in [2.24, 2.45) is 0 Å². The molecule has 0 aromatic heterocycles. The van der Waals surface area contributed by atoms with Crippen LogP contribution < -0.4 is 0 Å². The molecule has 1 aliphatic rings. The average molecular weight is 733 g/mol. The monoisotopic (exact) mass is 732 g/mol. The third-order valence-corrected chi connectivity index (χ3v) is 9.20. The highest BCUT2D eigenvalue weighted by molar-refractivity contribution is 7.47. The molecule has 6 atom stereocenters. The van der Waals surface area contributed by atoms with Gasteiger partial charge in [0.2, 0.25) is 0 Å². The van der Waals surface area contributed by atoms with E-state index in [1.807, 2.05) is 0 Å². The number of phosphoric acid groups is 1. The summed E-state index contributed by atoms with van der Waals surface area (Å²) in [6, 6.07) is 0. The lowest BCUT2D eigenvalue weighted by molar-refractivity contribution is -0.220. The zero-order valence-corrected chi connectivity index (χ0v) is 31.1. The molecule has 0 radical (unpaired) electrons. The van der Waals surface area contributed by atoms with Crippen LogP contribution in [0.3, 0.4) is 0 Å². The normalized spacial score (nSPS) is 24.9. The zero-order valence-electron chi connectivity index (χ0n) is 30.2. The Morgan fingerprint density at radius 1 is 0.660 bits per heavy atom. The minimum absolute atomic E-state index is 0.115. The first-order chi connectivity index (χ1) is 24.0. The second kappa shape index (κ2) is 28.8. The minimum atomic E-state index is -5.02. The quantitative estimate of drug-likeness (QED) is 0.0237. The number of rotatable bonds is 29. The van der Waals surface area contributed by atoms with Crippen LogP contribution in [-0.4, -0.2) is 98.9 Å². The van der Waals surface area contributed by atoms with Crippen molar-refractivity contribution in [3.8, 4) is 0 Å². The van der Waals surface area contributed by atoms with Crippen molar-refractivity contribution in [1.82, 2.24) is 0 Å². The first-order valence-corrected chi connectivity index (χ1v) is 20.0. The van der Waals surface area contributed by atoms with E-state index in [0.717, 1.165) is 51.4 Å². The molecule has 0 bridgehead atoms. The maximum Gasteiger partial charge on any atom is 0.472 e. The zero-order chi connectivity index (χ0) is 37.0. The maximum absolute atomic E-state index is 12.7. The molecule has 1 aliphatic carbocycles. The molecule has 290 valence electrons. The molecule has 6 unspecified atom stereocenters. The summed E-state index contributed by atoms with van der Waals surface area (Å²) in [5.74, 6) is -0.503. The van der Waals surface area contributed by atoms with Gasteiger partial charge in [-0.05, 0) is 44.9 Å². The van der Waals surface area contributed by atoms with Gasteiger partial charge in [0.25, 0.3) is 0 Å². The maximum atomic E-state index is 12.7. The highest BCUT2D eigenvalue weighted by atomic mass is 31.2. The third-order valence-electron chi connectivity index (χ3n) is 8.22. The summed E-state index contributed by atoms with van der Waals surface area (Å²) < 4.78 is 33.8. The SMILES string of the molecule is CC/C=C\C/C=C\C/C=C\C/C=C\CCCOCC(COP(=O)(O)OC1C(O)C(O)C(O)C(O)C1O)OC(=O)CCCCCCCCCCC. The van der Waals surface area contributed by atoms with E-state index in [9.17, 15) is 39.8 Å². The van der Waals surface area contributed by atoms with Gasteiger partial charge >= 0.3 is 13.8 Å². The number of carbonyl (C=O) groups excluding carboxylic acids is 1. The first-order valence-electron chi connectivity index (χ1n) is 18.5. The van der Waals surface area contributed by atoms with Gasteiger partial charge in [0, 0.05) is 13.0 Å². The predicted molar refractivity (Wildman–Crippen MR) is 193 cm³/mol. The molecule has 0 amide bonds. The Hall–Kier alpha value is -1.70. The van der Waals surface area contributed by atoms with Crippen molar-refractivity contribution in [2.45, 2.75) is 159 Å². The van der Waals surface area contributed by atoms with E-state index in [1.54, 1.807) is 0 Å². The molecule has 13 heteroatoms. The fraction of sp³-hybridized carbons (Fsp3) is 0.757. The van der Waals surface area contributed by atoms with E-state index >= 15 is 0 Å². The molecular weight excluding hydrogens is 667 g/mol.